The first kappa shape index (κ1) is 37.5. The van der Waals surface area contributed by atoms with E-state index in [9.17, 15) is 0 Å². The first-order valence-electron chi connectivity index (χ1n) is 19.1. The van der Waals surface area contributed by atoms with Gasteiger partial charge in [0.2, 0.25) is 0 Å². The quantitative estimate of drug-likeness (QED) is 0.127. The van der Waals surface area contributed by atoms with Crippen LogP contribution in [0.25, 0.3) is 75.8 Å². The molecule has 1 fully saturated rings. The summed E-state index contributed by atoms with van der Waals surface area (Å²) < 4.78 is 10.1. The minimum Gasteiger partial charge on any atom is -0.456 e. The van der Waals surface area contributed by atoms with Crippen molar-refractivity contribution in [2.24, 2.45) is 0 Å². The summed E-state index contributed by atoms with van der Waals surface area (Å²) in [7, 11) is 0. The average Bonchev–Trinajstić information content (AvgIpc) is 3.79. The predicted octanol–water partition coefficient (Wildman–Crippen LogP) is 13.6. The fourth-order valence-corrected chi connectivity index (χ4v) is 11.2. The molecule has 0 aliphatic heterocycles. The van der Waals surface area contributed by atoms with Gasteiger partial charge in [0.25, 0.3) is 0 Å². The molecular formula is C49H42GeIrN2OS-2. The largest absolute Gasteiger partial charge is 0.456 e. The maximum atomic E-state index is 6.19. The first-order valence-corrected chi connectivity index (χ1v) is 27.2. The third-order valence-corrected chi connectivity index (χ3v) is 16.3. The van der Waals surface area contributed by atoms with Crippen LogP contribution < -0.4 is 4.40 Å². The number of furan rings is 1. The summed E-state index contributed by atoms with van der Waals surface area (Å²) in [5.74, 6) is 7.81. The molecule has 0 atom stereocenters. The number of nitrogens with zero attached hydrogens (tertiary/aromatic N) is 2. The number of benzene rings is 5. The van der Waals surface area contributed by atoms with E-state index in [2.05, 4.69) is 119 Å². The average molecular weight is 972 g/mol. The predicted molar refractivity (Wildman–Crippen MR) is 231 cm³/mol. The minimum absolute atomic E-state index is 0. The summed E-state index contributed by atoms with van der Waals surface area (Å²) in [4.78, 5) is 9.27. The van der Waals surface area contributed by atoms with Crippen molar-refractivity contribution in [3.05, 3.63) is 151 Å². The molecule has 0 saturated heterocycles. The summed E-state index contributed by atoms with van der Waals surface area (Å²) in [6, 6.07) is 49.6. The zero-order valence-electron chi connectivity index (χ0n) is 31.4. The Balaban J connectivity index is 0.000000212. The molecule has 55 heavy (non-hydrogen) atoms. The molecule has 4 aromatic heterocycles. The van der Waals surface area contributed by atoms with E-state index >= 15 is 0 Å². The second-order valence-corrected chi connectivity index (χ2v) is 27.1. The third-order valence-electron chi connectivity index (χ3n) is 10.9. The van der Waals surface area contributed by atoms with Gasteiger partial charge in [-0.3, -0.25) is 0 Å². The molecule has 1 aliphatic rings. The number of pyridine rings is 2. The molecule has 5 aromatic carbocycles. The molecule has 0 amide bonds. The molecule has 4 heterocycles. The molecule has 10 rings (SSSR count). The number of thiophene rings is 1. The Kier molecular flexibility index (Phi) is 10.9. The van der Waals surface area contributed by atoms with Crippen molar-refractivity contribution >= 4 is 71.1 Å². The van der Waals surface area contributed by atoms with Crippen molar-refractivity contribution < 1.29 is 24.5 Å². The number of hydrogen-bond donors (Lipinski definition) is 0. The normalized spacial score (nSPS) is 13.5. The Morgan fingerprint density at radius 3 is 2.27 bits per heavy atom. The summed E-state index contributed by atoms with van der Waals surface area (Å²) in [6.07, 6.45) is 10.7. The molecule has 1 radical (unpaired) electrons. The van der Waals surface area contributed by atoms with E-state index in [-0.39, 0.29) is 20.1 Å². The van der Waals surface area contributed by atoms with Gasteiger partial charge < -0.3 is 9.40 Å². The number of para-hydroxylation sites is 1. The number of fused-ring (bicyclic) bond motifs is 6. The van der Waals surface area contributed by atoms with Gasteiger partial charge in [-0.05, 0) is 69.9 Å². The SMILES string of the molecule is [CH3][Ge]([CH3])([CH3])[c]1ccc(-c2[c-]cccc2)nc1.[Ir].[c-]1c(-c2cc(C3CCCCC3)ccn2)ccc2c1sc1c(-c3ccc4c(c3)oc3ccccc34)cccc12. The maximum Gasteiger partial charge on any atom is 0.136 e. The van der Waals surface area contributed by atoms with Crippen LogP contribution in [0.2, 0.25) is 17.3 Å². The van der Waals surface area contributed by atoms with Crippen molar-refractivity contribution in [3.8, 4) is 33.6 Å². The molecule has 0 bridgehead atoms. The number of hydrogen-bond acceptors (Lipinski definition) is 4. The molecule has 6 heteroatoms. The molecule has 1 aliphatic carbocycles. The van der Waals surface area contributed by atoms with Crippen LogP contribution in [0.5, 0.6) is 0 Å². The number of rotatable bonds is 5. The Morgan fingerprint density at radius 1 is 0.673 bits per heavy atom. The molecule has 275 valence electrons. The Labute approximate surface area is 343 Å². The van der Waals surface area contributed by atoms with Crippen molar-refractivity contribution in [3.63, 3.8) is 0 Å². The van der Waals surface area contributed by atoms with Gasteiger partial charge in [-0.1, -0.05) is 78.7 Å². The zero-order chi connectivity index (χ0) is 36.6. The van der Waals surface area contributed by atoms with Crippen LogP contribution in [-0.4, -0.2) is 23.2 Å². The van der Waals surface area contributed by atoms with Crippen LogP contribution in [0.3, 0.4) is 0 Å². The van der Waals surface area contributed by atoms with Gasteiger partial charge in [0.1, 0.15) is 11.2 Å². The van der Waals surface area contributed by atoms with Crippen LogP contribution >= 0.6 is 11.3 Å². The van der Waals surface area contributed by atoms with Crippen molar-refractivity contribution in [1.29, 1.82) is 0 Å². The Morgan fingerprint density at radius 2 is 1.47 bits per heavy atom. The second kappa shape index (κ2) is 16.0. The minimum atomic E-state index is -1.72. The van der Waals surface area contributed by atoms with E-state index in [1.165, 1.54) is 73.4 Å². The van der Waals surface area contributed by atoms with Crippen LogP contribution in [0.15, 0.2) is 138 Å². The van der Waals surface area contributed by atoms with Gasteiger partial charge in [0.05, 0.1) is 0 Å². The zero-order valence-corrected chi connectivity index (χ0v) is 36.7. The van der Waals surface area contributed by atoms with Crippen LogP contribution in [0.1, 0.15) is 43.6 Å². The third kappa shape index (κ3) is 7.73. The van der Waals surface area contributed by atoms with E-state index < -0.39 is 13.3 Å². The van der Waals surface area contributed by atoms with Crippen LogP contribution in [-0.2, 0) is 20.1 Å². The molecule has 0 N–H and O–H groups in total. The van der Waals surface area contributed by atoms with Crippen molar-refractivity contribution in [2.45, 2.75) is 55.3 Å². The summed E-state index contributed by atoms with van der Waals surface area (Å²) in [6.45, 7) is 0. The van der Waals surface area contributed by atoms with E-state index in [1.54, 1.807) is 0 Å². The van der Waals surface area contributed by atoms with Gasteiger partial charge in [0.15, 0.2) is 0 Å². The second-order valence-electron chi connectivity index (χ2n) is 15.5. The van der Waals surface area contributed by atoms with E-state index in [0.717, 1.165) is 44.5 Å². The van der Waals surface area contributed by atoms with Gasteiger partial charge in [-0.15, -0.1) is 23.8 Å². The fourth-order valence-electron chi connectivity index (χ4n) is 7.83. The summed E-state index contributed by atoms with van der Waals surface area (Å²) in [5, 5.41) is 4.86. The van der Waals surface area contributed by atoms with Gasteiger partial charge in [-0.2, -0.15) is 11.3 Å². The van der Waals surface area contributed by atoms with Gasteiger partial charge in [0, 0.05) is 41.8 Å². The van der Waals surface area contributed by atoms with E-state index in [1.807, 2.05) is 60.1 Å². The fraction of sp³-hybridized carbons (Fsp3) is 0.184. The molecule has 1 saturated carbocycles. The Bertz CT molecular complexity index is 2740. The smallest absolute Gasteiger partial charge is 0.136 e. The number of aromatic nitrogens is 2. The molecule has 9 aromatic rings. The standard InChI is InChI=1S/C35H26NOS.C14H16GeN.Ir/c1-2-7-22(8-3-1)23-17-18-36-31(19-23)25-14-16-29-30-11-6-10-26(35(30)38-34(29)21-25)24-13-15-28-27-9-4-5-12-32(27)37-33(28)20-24;1-15(2,3)13-9-10-14(16-11-13)12-7-5-4-6-8-12;/h4-6,9-20,22H,1-3,7-8H2;4-7,9-11H,1-3H3;/q2*-1;. The van der Waals surface area contributed by atoms with Crippen LogP contribution in [0.4, 0.5) is 0 Å². The molecular weight excluding hydrogens is 929 g/mol. The van der Waals surface area contributed by atoms with E-state index in [0.29, 0.717) is 5.92 Å². The van der Waals surface area contributed by atoms with Gasteiger partial charge in [-0.25, -0.2) is 0 Å². The molecule has 0 spiro atoms. The Hall–Kier alpha value is -4.39. The molecule has 0 unspecified atom stereocenters. The monoisotopic (exact) mass is 973 g/mol. The first-order chi connectivity index (χ1) is 26.4. The summed E-state index contributed by atoms with van der Waals surface area (Å²) in [5.41, 5.74) is 9.89. The molecule has 3 nitrogen and oxygen atoms in total. The maximum absolute atomic E-state index is 6.19. The topological polar surface area (TPSA) is 38.9 Å². The van der Waals surface area contributed by atoms with E-state index in [4.69, 9.17) is 9.40 Å². The summed E-state index contributed by atoms with van der Waals surface area (Å²) >= 11 is 0.105. The van der Waals surface area contributed by atoms with Crippen molar-refractivity contribution in [1.82, 2.24) is 9.97 Å². The van der Waals surface area contributed by atoms with Crippen LogP contribution in [0, 0.1) is 12.1 Å². The van der Waals surface area contributed by atoms with Crippen molar-refractivity contribution in [2.75, 3.05) is 0 Å². The van der Waals surface area contributed by atoms with Gasteiger partial charge >= 0.3 is 99.8 Å².